The van der Waals surface area contributed by atoms with Gasteiger partial charge in [0, 0.05) is 51.1 Å². The van der Waals surface area contributed by atoms with Gasteiger partial charge in [-0.2, -0.15) is 0 Å². The minimum atomic E-state index is -0.124. The predicted octanol–water partition coefficient (Wildman–Crippen LogP) is 2.01. The van der Waals surface area contributed by atoms with Gasteiger partial charge in [-0.25, -0.2) is 0 Å². The number of nitrogens with one attached hydrogen (secondary N) is 1. The van der Waals surface area contributed by atoms with Crippen LogP contribution in [-0.4, -0.2) is 46.3 Å². The molecule has 0 aliphatic carbocycles. The largest absolute Gasteiger partial charge is 0.355 e. The highest BCUT2D eigenvalue weighted by atomic mass is 16.2. The van der Waals surface area contributed by atoms with Crippen LogP contribution in [0.1, 0.15) is 30.5 Å². The quantitative estimate of drug-likeness (QED) is 0.775. The zero-order chi connectivity index (χ0) is 18.9. The van der Waals surface area contributed by atoms with Crippen molar-refractivity contribution in [1.82, 2.24) is 20.2 Å². The fraction of sp³-hybridized carbons (Fsp3) is 0.429. The molecule has 1 atom stereocenters. The molecule has 1 saturated heterocycles. The van der Waals surface area contributed by atoms with E-state index < -0.39 is 0 Å². The van der Waals surface area contributed by atoms with Gasteiger partial charge < -0.3 is 10.2 Å². The van der Waals surface area contributed by atoms with E-state index in [0.717, 1.165) is 18.5 Å². The van der Waals surface area contributed by atoms with Crippen LogP contribution < -0.4 is 5.32 Å². The molecule has 1 aromatic carbocycles. The molecule has 1 aliphatic rings. The fourth-order valence-corrected chi connectivity index (χ4v) is 3.38. The van der Waals surface area contributed by atoms with Crippen LogP contribution in [0.5, 0.6) is 0 Å². The summed E-state index contributed by atoms with van der Waals surface area (Å²) in [6.07, 6.45) is 8.59. The third kappa shape index (κ3) is 5.88. The van der Waals surface area contributed by atoms with E-state index in [9.17, 15) is 9.59 Å². The molecular weight excluding hydrogens is 340 g/mol. The Morgan fingerprint density at radius 3 is 2.81 bits per heavy atom. The summed E-state index contributed by atoms with van der Waals surface area (Å²) in [5, 5.41) is 2.97. The van der Waals surface area contributed by atoms with Crippen LogP contribution >= 0.6 is 0 Å². The van der Waals surface area contributed by atoms with E-state index in [1.54, 1.807) is 18.6 Å². The molecule has 1 fully saturated rings. The van der Waals surface area contributed by atoms with Crippen molar-refractivity contribution in [2.75, 3.05) is 19.6 Å². The second-order valence-electron chi connectivity index (χ2n) is 6.90. The number of aryl methyl sites for hydroxylation is 1. The number of hydrogen-bond acceptors (Lipinski definition) is 4. The van der Waals surface area contributed by atoms with Crippen LogP contribution in [0.25, 0.3) is 0 Å². The number of carbonyl (C=O) groups is 2. The van der Waals surface area contributed by atoms with Gasteiger partial charge >= 0.3 is 0 Å². The van der Waals surface area contributed by atoms with Crippen molar-refractivity contribution >= 4 is 11.8 Å². The summed E-state index contributed by atoms with van der Waals surface area (Å²) in [5.74, 6) is 0.0624. The summed E-state index contributed by atoms with van der Waals surface area (Å²) >= 11 is 0. The van der Waals surface area contributed by atoms with Crippen LogP contribution in [-0.2, 0) is 22.4 Å². The zero-order valence-corrected chi connectivity index (χ0v) is 15.5. The Balaban J connectivity index is 1.41. The lowest BCUT2D eigenvalue weighted by Gasteiger charge is -2.32. The van der Waals surface area contributed by atoms with Crippen molar-refractivity contribution in [3.05, 3.63) is 60.2 Å². The second-order valence-corrected chi connectivity index (χ2v) is 6.90. The van der Waals surface area contributed by atoms with Crippen molar-refractivity contribution in [3.8, 4) is 0 Å². The summed E-state index contributed by atoms with van der Waals surface area (Å²) in [7, 11) is 0. The molecule has 2 aromatic rings. The Morgan fingerprint density at radius 2 is 2.04 bits per heavy atom. The lowest BCUT2D eigenvalue weighted by molar-refractivity contribution is -0.138. The van der Waals surface area contributed by atoms with Crippen LogP contribution in [0.4, 0.5) is 0 Å². The zero-order valence-electron chi connectivity index (χ0n) is 15.5. The number of amides is 2. The summed E-state index contributed by atoms with van der Waals surface area (Å²) < 4.78 is 0. The molecule has 0 bridgehead atoms. The minimum Gasteiger partial charge on any atom is -0.355 e. The van der Waals surface area contributed by atoms with Gasteiger partial charge in [0.15, 0.2) is 0 Å². The van der Waals surface area contributed by atoms with Crippen molar-refractivity contribution < 1.29 is 9.59 Å². The van der Waals surface area contributed by atoms with E-state index in [0.29, 0.717) is 38.9 Å². The molecular formula is C21H26N4O2. The molecule has 0 saturated carbocycles. The summed E-state index contributed by atoms with van der Waals surface area (Å²) in [6.45, 7) is 1.76. The van der Waals surface area contributed by atoms with E-state index in [2.05, 4.69) is 27.4 Å². The second kappa shape index (κ2) is 9.80. The Labute approximate surface area is 160 Å². The normalized spacial score (nSPS) is 17.0. The van der Waals surface area contributed by atoms with Crippen LogP contribution in [0.2, 0.25) is 0 Å². The van der Waals surface area contributed by atoms with Crippen molar-refractivity contribution in [2.24, 2.45) is 5.92 Å². The number of piperidine rings is 1. The molecule has 6 nitrogen and oxygen atoms in total. The minimum absolute atomic E-state index is 0.0273. The van der Waals surface area contributed by atoms with Gasteiger partial charge in [-0.1, -0.05) is 30.3 Å². The number of likely N-dealkylation sites (tertiary alicyclic amines) is 1. The van der Waals surface area contributed by atoms with E-state index in [4.69, 9.17) is 0 Å². The Hall–Kier alpha value is -2.76. The topological polar surface area (TPSA) is 75.2 Å². The number of benzene rings is 1. The predicted molar refractivity (Wildman–Crippen MR) is 103 cm³/mol. The first kappa shape index (κ1) is 19.0. The maximum absolute atomic E-state index is 12.5. The maximum Gasteiger partial charge on any atom is 0.224 e. The molecule has 1 aliphatic heterocycles. The first-order chi connectivity index (χ1) is 13.2. The molecule has 1 aromatic heterocycles. The molecule has 27 heavy (non-hydrogen) atoms. The van der Waals surface area contributed by atoms with Crippen molar-refractivity contribution in [3.63, 3.8) is 0 Å². The van der Waals surface area contributed by atoms with Gasteiger partial charge in [-0.05, 0) is 24.8 Å². The average molecular weight is 366 g/mol. The van der Waals surface area contributed by atoms with Crippen LogP contribution in [0, 0.1) is 5.92 Å². The SMILES string of the molecule is O=C(NCCc1cnccn1)[C@H]1CCC(=O)N(CCCc2ccccc2)C1. The molecule has 142 valence electrons. The van der Waals surface area contributed by atoms with Crippen LogP contribution in [0.15, 0.2) is 48.9 Å². The molecule has 3 rings (SSSR count). The van der Waals surface area contributed by atoms with E-state index in [1.165, 1.54) is 5.56 Å². The third-order valence-corrected chi connectivity index (χ3v) is 4.90. The average Bonchev–Trinajstić information content (AvgIpc) is 2.71. The molecule has 0 radical (unpaired) electrons. The molecule has 6 heteroatoms. The molecule has 1 N–H and O–H groups in total. The monoisotopic (exact) mass is 366 g/mol. The third-order valence-electron chi connectivity index (χ3n) is 4.90. The van der Waals surface area contributed by atoms with Gasteiger partial charge in [0.2, 0.25) is 11.8 Å². The maximum atomic E-state index is 12.5. The summed E-state index contributed by atoms with van der Waals surface area (Å²) in [4.78, 5) is 34.7. The van der Waals surface area contributed by atoms with Gasteiger partial charge in [-0.3, -0.25) is 19.6 Å². The lowest BCUT2D eigenvalue weighted by Crippen LogP contribution is -2.46. The highest BCUT2D eigenvalue weighted by molar-refractivity contribution is 5.83. The van der Waals surface area contributed by atoms with E-state index in [-0.39, 0.29) is 17.7 Å². The summed E-state index contributed by atoms with van der Waals surface area (Å²) in [5.41, 5.74) is 2.14. The van der Waals surface area contributed by atoms with Gasteiger partial charge in [-0.15, -0.1) is 0 Å². The fourth-order valence-electron chi connectivity index (χ4n) is 3.38. The van der Waals surface area contributed by atoms with Crippen molar-refractivity contribution in [2.45, 2.75) is 32.1 Å². The Kier molecular flexibility index (Phi) is 6.90. The molecule has 0 unspecified atom stereocenters. The number of carbonyl (C=O) groups excluding carboxylic acids is 2. The Bertz CT molecular complexity index is 736. The van der Waals surface area contributed by atoms with E-state index in [1.807, 2.05) is 23.1 Å². The summed E-state index contributed by atoms with van der Waals surface area (Å²) in [6, 6.07) is 10.3. The highest BCUT2D eigenvalue weighted by Crippen LogP contribution is 2.18. The first-order valence-electron chi connectivity index (χ1n) is 9.56. The van der Waals surface area contributed by atoms with Gasteiger partial charge in [0.25, 0.3) is 0 Å². The van der Waals surface area contributed by atoms with Crippen molar-refractivity contribution in [1.29, 1.82) is 0 Å². The number of nitrogens with zero attached hydrogens (tertiary/aromatic N) is 3. The van der Waals surface area contributed by atoms with Gasteiger partial charge in [0.1, 0.15) is 0 Å². The molecule has 2 heterocycles. The number of aromatic nitrogens is 2. The lowest BCUT2D eigenvalue weighted by atomic mass is 9.96. The van der Waals surface area contributed by atoms with Crippen LogP contribution in [0.3, 0.4) is 0 Å². The van der Waals surface area contributed by atoms with Gasteiger partial charge in [0.05, 0.1) is 11.6 Å². The molecule has 2 amide bonds. The number of hydrogen-bond donors (Lipinski definition) is 1. The smallest absolute Gasteiger partial charge is 0.224 e. The first-order valence-corrected chi connectivity index (χ1v) is 9.56. The standard InChI is InChI=1S/C21H26N4O2/c26-20-9-8-18(21(27)24-11-10-19-15-22-12-13-23-19)16-25(20)14-4-7-17-5-2-1-3-6-17/h1-3,5-6,12-13,15,18H,4,7-11,14,16H2,(H,24,27)/t18-/m0/s1. The molecule has 0 spiro atoms. The number of rotatable bonds is 8. The Morgan fingerprint density at radius 1 is 1.19 bits per heavy atom. The highest BCUT2D eigenvalue weighted by Gasteiger charge is 2.29. The van der Waals surface area contributed by atoms with E-state index >= 15 is 0 Å².